The lowest BCUT2D eigenvalue weighted by atomic mass is 10.00. The molecule has 41 heavy (non-hydrogen) atoms. The predicted octanol–water partition coefficient (Wildman–Crippen LogP) is 6.51. The lowest BCUT2D eigenvalue weighted by Gasteiger charge is -2.39. The van der Waals surface area contributed by atoms with Gasteiger partial charge in [-0.2, -0.15) is 0 Å². The average Bonchev–Trinajstić information content (AvgIpc) is 2.97. The molecule has 0 saturated carbocycles. The van der Waals surface area contributed by atoms with E-state index in [9.17, 15) is 10.2 Å². The monoisotopic (exact) mass is 580 g/mol. The third-order valence-electron chi connectivity index (χ3n) is 7.81. The molecule has 3 aromatic rings. The van der Waals surface area contributed by atoms with Gasteiger partial charge in [0.2, 0.25) is 0 Å². The largest absolute Gasteiger partial charge is 0.414 e. The van der Waals surface area contributed by atoms with E-state index in [2.05, 4.69) is 33.9 Å². The SMILES string of the molecule is CC(C)(C)[Si](C)(C)OC[C@@H](OCc1ccccc1)[C@@H](O)[C@@H](OCc1ccccc1)[C@@H](CCO)OCc1ccccc1. The Bertz CT molecular complexity index is 1100. The summed E-state index contributed by atoms with van der Waals surface area (Å²) in [5.41, 5.74) is 2.99. The van der Waals surface area contributed by atoms with Gasteiger partial charge in [0.15, 0.2) is 8.32 Å². The van der Waals surface area contributed by atoms with Crippen molar-refractivity contribution in [2.24, 2.45) is 0 Å². The molecule has 0 radical (unpaired) electrons. The Balaban J connectivity index is 1.87. The summed E-state index contributed by atoms with van der Waals surface area (Å²) in [5.74, 6) is 0. The highest BCUT2D eigenvalue weighted by Gasteiger charge is 2.41. The van der Waals surface area contributed by atoms with Crippen molar-refractivity contribution in [2.75, 3.05) is 13.2 Å². The number of hydrogen-bond acceptors (Lipinski definition) is 6. The van der Waals surface area contributed by atoms with Gasteiger partial charge in [0.05, 0.1) is 32.5 Å². The Labute approximate surface area is 247 Å². The summed E-state index contributed by atoms with van der Waals surface area (Å²) in [5, 5.41) is 21.9. The van der Waals surface area contributed by atoms with E-state index in [-0.39, 0.29) is 24.9 Å². The van der Waals surface area contributed by atoms with E-state index in [1.165, 1.54) is 0 Å². The Morgan fingerprint density at radius 2 is 1.07 bits per heavy atom. The van der Waals surface area contributed by atoms with E-state index in [1.807, 2.05) is 91.0 Å². The maximum Gasteiger partial charge on any atom is 0.192 e. The van der Waals surface area contributed by atoms with Gasteiger partial charge in [-0.25, -0.2) is 0 Å². The second kappa shape index (κ2) is 16.3. The van der Waals surface area contributed by atoms with Crippen molar-refractivity contribution >= 4 is 8.32 Å². The highest BCUT2D eigenvalue weighted by atomic mass is 28.4. The van der Waals surface area contributed by atoms with Crippen LogP contribution in [0.5, 0.6) is 0 Å². The van der Waals surface area contributed by atoms with E-state index < -0.39 is 32.7 Å². The minimum atomic E-state index is -2.13. The number of aliphatic hydroxyl groups is 2. The lowest BCUT2D eigenvalue weighted by molar-refractivity contribution is -0.177. The Morgan fingerprint density at radius 3 is 1.49 bits per heavy atom. The molecule has 0 aliphatic carbocycles. The van der Waals surface area contributed by atoms with E-state index in [4.69, 9.17) is 18.6 Å². The molecule has 0 spiro atoms. The number of aliphatic hydroxyl groups excluding tert-OH is 2. The van der Waals surface area contributed by atoms with E-state index in [0.717, 1.165) is 16.7 Å². The minimum absolute atomic E-state index is 0.00333. The summed E-state index contributed by atoms with van der Waals surface area (Å²) in [6.07, 6.45) is -2.78. The molecule has 4 atom stereocenters. The molecule has 0 aliphatic rings. The number of rotatable bonds is 17. The molecule has 224 valence electrons. The molecule has 0 saturated heterocycles. The fourth-order valence-electron chi connectivity index (χ4n) is 4.18. The van der Waals surface area contributed by atoms with Crippen LogP contribution in [0.15, 0.2) is 91.0 Å². The van der Waals surface area contributed by atoms with Crippen LogP contribution in [0.2, 0.25) is 18.1 Å². The molecule has 3 rings (SSSR count). The van der Waals surface area contributed by atoms with Crippen molar-refractivity contribution < 1.29 is 28.8 Å². The summed E-state index contributed by atoms with van der Waals surface area (Å²) in [7, 11) is -2.13. The molecule has 0 heterocycles. The van der Waals surface area contributed by atoms with Crippen molar-refractivity contribution in [1.82, 2.24) is 0 Å². The van der Waals surface area contributed by atoms with Crippen molar-refractivity contribution in [3.05, 3.63) is 108 Å². The van der Waals surface area contributed by atoms with Gasteiger partial charge in [-0.3, -0.25) is 0 Å². The zero-order valence-electron chi connectivity index (χ0n) is 25.2. The summed E-state index contributed by atoms with van der Waals surface area (Å²) < 4.78 is 25.7. The molecular weight excluding hydrogens is 532 g/mol. The molecule has 3 aromatic carbocycles. The molecule has 7 heteroatoms. The fourth-order valence-corrected chi connectivity index (χ4v) is 5.19. The Morgan fingerprint density at radius 1 is 0.659 bits per heavy atom. The highest BCUT2D eigenvalue weighted by Crippen LogP contribution is 2.37. The van der Waals surface area contributed by atoms with Crippen molar-refractivity contribution in [3.8, 4) is 0 Å². The molecular formula is C34H48O6Si. The van der Waals surface area contributed by atoms with Gasteiger partial charge in [-0.1, -0.05) is 112 Å². The normalized spacial score (nSPS) is 15.3. The first-order chi connectivity index (χ1) is 19.6. The second-order valence-corrected chi connectivity index (χ2v) is 16.8. The van der Waals surface area contributed by atoms with E-state index in [0.29, 0.717) is 19.6 Å². The van der Waals surface area contributed by atoms with Crippen LogP contribution >= 0.6 is 0 Å². The average molecular weight is 581 g/mol. The number of hydrogen-bond donors (Lipinski definition) is 2. The maximum absolute atomic E-state index is 11.9. The summed E-state index contributed by atoms with van der Waals surface area (Å²) >= 11 is 0. The van der Waals surface area contributed by atoms with Crippen LogP contribution in [-0.4, -0.2) is 56.2 Å². The van der Waals surface area contributed by atoms with Crippen molar-refractivity contribution in [2.45, 2.75) is 89.6 Å². The number of ether oxygens (including phenoxy) is 3. The van der Waals surface area contributed by atoms with Crippen molar-refractivity contribution in [1.29, 1.82) is 0 Å². The molecule has 0 amide bonds. The van der Waals surface area contributed by atoms with Gasteiger partial charge < -0.3 is 28.8 Å². The molecule has 0 fully saturated rings. The highest BCUT2D eigenvalue weighted by molar-refractivity contribution is 6.74. The molecule has 2 N–H and O–H groups in total. The quantitative estimate of drug-likeness (QED) is 0.177. The van der Waals surface area contributed by atoms with Crippen LogP contribution in [0.3, 0.4) is 0 Å². The van der Waals surface area contributed by atoms with Gasteiger partial charge in [0.1, 0.15) is 18.3 Å². The molecule has 0 aromatic heterocycles. The molecule has 0 aliphatic heterocycles. The third kappa shape index (κ3) is 10.8. The molecule has 0 bridgehead atoms. The van der Waals surface area contributed by atoms with E-state index in [1.54, 1.807) is 0 Å². The lowest BCUT2D eigenvalue weighted by Crippen LogP contribution is -2.51. The van der Waals surface area contributed by atoms with Crippen LogP contribution in [0.25, 0.3) is 0 Å². The summed E-state index contributed by atoms with van der Waals surface area (Å²) in [6, 6.07) is 29.6. The van der Waals surface area contributed by atoms with Crippen molar-refractivity contribution in [3.63, 3.8) is 0 Å². The Hall–Kier alpha value is -2.36. The Kier molecular flexibility index (Phi) is 13.2. The topological polar surface area (TPSA) is 77.4 Å². The van der Waals surface area contributed by atoms with Gasteiger partial charge in [-0.05, 0) is 41.2 Å². The first kappa shape index (κ1) is 33.1. The van der Waals surface area contributed by atoms with Crippen LogP contribution in [0, 0.1) is 0 Å². The molecule has 6 nitrogen and oxygen atoms in total. The van der Waals surface area contributed by atoms with Crippen LogP contribution in [0.1, 0.15) is 43.9 Å². The first-order valence-electron chi connectivity index (χ1n) is 14.5. The van der Waals surface area contributed by atoms with Crippen LogP contribution < -0.4 is 0 Å². The summed E-state index contributed by atoms with van der Waals surface area (Å²) in [6.45, 7) is 12.0. The smallest absolute Gasteiger partial charge is 0.192 e. The summed E-state index contributed by atoms with van der Waals surface area (Å²) in [4.78, 5) is 0. The standard InChI is InChI=1S/C34H48O6Si/c1-34(2,3)41(4,5)40-26-31(38-24-28-17-11-7-12-18-28)32(36)33(39-25-29-19-13-8-14-20-29)30(21-22-35)37-23-27-15-9-6-10-16-27/h6-20,30-33,35-36H,21-26H2,1-5H3/t30-,31-,32-,33+/m1/s1. The van der Waals surface area contributed by atoms with Crippen LogP contribution in [-0.2, 0) is 38.5 Å². The zero-order valence-corrected chi connectivity index (χ0v) is 26.2. The van der Waals surface area contributed by atoms with Gasteiger partial charge in [0, 0.05) is 6.61 Å². The fraction of sp³-hybridized carbons (Fsp3) is 0.471. The predicted molar refractivity (Wildman–Crippen MR) is 166 cm³/mol. The second-order valence-electron chi connectivity index (χ2n) is 12.0. The van der Waals surface area contributed by atoms with Gasteiger partial charge in [0.25, 0.3) is 0 Å². The van der Waals surface area contributed by atoms with Gasteiger partial charge >= 0.3 is 0 Å². The van der Waals surface area contributed by atoms with Gasteiger partial charge in [-0.15, -0.1) is 0 Å². The maximum atomic E-state index is 11.9. The molecule has 0 unspecified atom stereocenters. The first-order valence-corrected chi connectivity index (χ1v) is 17.4. The number of benzene rings is 3. The van der Waals surface area contributed by atoms with Crippen LogP contribution in [0.4, 0.5) is 0 Å². The third-order valence-corrected chi connectivity index (χ3v) is 12.3. The zero-order chi connectivity index (χ0) is 29.7. The van der Waals surface area contributed by atoms with E-state index >= 15 is 0 Å². The minimum Gasteiger partial charge on any atom is -0.414 e.